The highest BCUT2D eigenvalue weighted by Gasteiger charge is 2.14. The molecule has 1 aliphatic heterocycles. The number of hydrogen-bond acceptors (Lipinski definition) is 6. The highest BCUT2D eigenvalue weighted by molar-refractivity contribution is 5.85. The van der Waals surface area contributed by atoms with Crippen molar-refractivity contribution in [3.05, 3.63) is 75.3 Å². The molecule has 7 nitrogen and oxygen atoms in total. The molecule has 140 valence electrons. The quantitative estimate of drug-likeness (QED) is 0.524. The number of halogens is 2. The van der Waals surface area contributed by atoms with Gasteiger partial charge in [-0.25, -0.2) is 0 Å². The van der Waals surface area contributed by atoms with Crippen LogP contribution in [-0.4, -0.2) is 4.92 Å². The summed E-state index contributed by atoms with van der Waals surface area (Å²) in [4.78, 5) is 10.4. The summed E-state index contributed by atoms with van der Waals surface area (Å²) >= 11 is 0. The van der Waals surface area contributed by atoms with Crippen LogP contribution in [0.3, 0.4) is 0 Å². The van der Waals surface area contributed by atoms with E-state index in [4.69, 9.17) is 10.5 Å². The number of allylic oxidation sites excluding steroid dienone is 1. The van der Waals surface area contributed by atoms with Gasteiger partial charge < -0.3 is 21.1 Å². The van der Waals surface area contributed by atoms with Gasteiger partial charge in [-0.3, -0.25) is 10.1 Å². The molecule has 3 rings (SSSR count). The lowest BCUT2D eigenvalue weighted by molar-refractivity contribution is -0.384. The van der Waals surface area contributed by atoms with Crippen LogP contribution in [0.25, 0.3) is 0 Å². The summed E-state index contributed by atoms with van der Waals surface area (Å²) in [5.74, 6) is 1.90. The maximum absolute atomic E-state index is 10.8. The Morgan fingerprint density at radius 3 is 2.54 bits per heavy atom. The Bertz CT molecular complexity index is 827. The molecule has 26 heavy (non-hydrogen) atoms. The molecule has 0 aliphatic carbocycles. The predicted octanol–water partition coefficient (Wildman–Crippen LogP) is 3.68. The van der Waals surface area contributed by atoms with E-state index in [9.17, 15) is 10.1 Å². The first kappa shape index (κ1) is 21.6. The van der Waals surface area contributed by atoms with Crippen molar-refractivity contribution in [1.29, 1.82) is 0 Å². The van der Waals surface area contributed by atoms with Crippen molar-refractivity contribution in [2.75, 3.05) is 5.32 Å². The van der Waals surface area contributed by atoms with E-state index in [0.29, 0.717) is 24.7 Å². The van der Waals surface area contributed by atoms with E-state index in [1.165, 1.54) is 6.07 Å². The van der Waals surface area contributed by atoms with Gasteiger partial charge in [-0.1, -0.05) is 18.2 Å². The van der Waals surface area contributed by atoms with Crippen molar-refractivity contribution in [3.63, 3.8) is 0 Å². The third-order valence-corrected chi connectivity index (χ3v) is 3.74. The summed E-state index contributed by atoms with van der Waals surface area (Å²) in [6.45, 7) is 2.98. The third kappa shape index (κ3) is 5.01. The maximum Gasteiger partial charge on any atom is 0.269 e. The fourth-order valence-electron chi connectivity index (χ4n) is 2.46. The van der Waals surface area contributed by atoms with E-state index in [-0.39, 0.29) is 30.5 Å². The molecular weight excluding hydrogens is 379 g/mol. The number of rotatable bonds is 5. The van der Waals surface area contributed by atoms with Crippen molar-refractivity contribution in [1.82, 2.24) is 5.32 Å². The van der Waals surface area contributed by atoms with Crippen LogP contribution in [0.5, 0.6) is 5.75 Å². The lowest BCUT2D eigenvalue weighted by atomic mass is 10.1. The van der Waals surface area contributed by atoms with Crippen LogP contribution in [0.15, 0.2) is 54.0 Å². The SMILES string of the molecule is CC1=C(N)Nc2cc(CNCc3cccc([N+](=O)[O-])c3)ccc2O1.Cl.Cl. The fourth-order valence-corrected chi connectivity index (χ4v) is 2.46. The van der Waals surface area contributed by atoms with E-state index < -0.39 is 4.92 Å². The fraction of sp³-hybridized carbons (Fsp3) is 0.176. The minimum atomic E-state index is -0.390. The zero-order valence-electron chi connectivity index (χ0n) is 14.0. The van der Waals surface area contributed by atoms with Crippen LogP contribution in [0.1, 0.15) is 18.1 Å². The number of hydrogen-bond donors (Lipinski definition) is 3. The minimum absolute atomic E-state index is 0. The Morgan fingerprint density at radius 2 is 1.85 bits per heavy atom. The number of nitrogens with two attached hydrogens (primary N) is 1. The first-order valence-electron chi connectivity index (χ1n) is 7.51. The number of nitrogens with one attached hydrogen (secondary N) is 2. The average molecular weight is 399 g/mol. The van der Waals surface area contributed by atoms with E-state index in [1.807, 2.05) is 24.3 Å². The molecule has 0 unspecified atom stereocenters. The highest BCUT2D eigenvalue weighted by Crippen LogP contribution is 2.32. The number of fused-ring (bicyclic) bond motifs is 1. The van der Waals surface area contributed by atoms with Crippen molar-refractivity contribution in [2.24, 2.45) is 5.73 Å². The molecule has 0 amide bonds. The molecule has 0 fully saturated rings. The third-order valence-electron chi connectivity index (χ3n) is 3.74. The Balaban J connectivity index is 0.00000169. The molecular formula is C17H20Cl2N4O3. The Hall–Kier alpha value is -2.48. The van der Waals surface area contributed by atoms with Crippen LogP contribution in [0.2, 0.25) is 0 Å². The Labute approximate surface area is 163 Å². The Morgan fingerprint density at radius 1 is 1.15 bits per heavy atom. The summed E-state index contributed by atoms with van der Waals surface area (Å²) in [6.07, 6.45) is 0. The summed E-state index contributed by atoms with van der Waals surface area (Å²) < 4.78 is 5.62. The van der Waals surface area contributed by atoms with Gasteiger partial charge in [0.2, 0.25) is 0 Å². The van der Waals surface area contributed by atoms with Gasteiger partial charge in [0.1, 0.15) is 11.6 Å². The molecule has 0 atom stereocenters. The van der Waals surface area contributed by atoms with Crippen molar-refractivity contribution in [2.45, 2.75) is 20.0 Å². The van der Waals surface area contributed by atoms with Gasteiger partial charge in [0.15, 0.2) is 5.75 Å². The van der Waals surface area contributed by atoms with Gasteiger partial charge in [0, 0.05) is 25.2 Å². The number of ether oxygens (including phenoxy) is 1. The monoisotopic (exact) mass is 398 g/mol. The molecule has 2 aromatic carbocycles. The van der Waals surface area contributed by atoms with Crippen LogP contribution in [0.4, 0.5) is 11.4 Å². The topological polar surface area (TPSA) is 102 Å². The highest BCUT2D eigenvalue weighted by atomic mass is 35.5. The van der Waals surface area contributed by atoms with Gasteiger partial charge >= 0.3 is 0 Å². The largest absolute Gasteiger partial charge is 0.456 e. The second-order valence-electron chi connectivity index (χ2n) is 5.56. The second kappa shape index (κ2) is 9.28. The number of anilines is 1. The molecule has 4 N–H and O–H groups in total. The maximum atomic E-state index is 10.8. The normalized spacial score (nSPS) is 12.0. The molecule has 0 saturated heterocycles. The van der Waals surface area contributed by atoms with Crippen molar-refractivity contribution >= 4 is 36.2 Å². The summed E-state index contributed by atoms with van der Waals surface area (Å²) in [7, 11) is 0. The molecule has 0 spiro atoms. The van der Waals surface area contributed by atoms with Crippen LogP contribution < -0.4 is 21.1 Å². The molecule has 0 saturated carbocycles. The molecule has 0 radical (unpaired) electrons. The van der Waals surface area contributed by atoms with Gasteiger partial charge in [-0.2, -0.15) is 0 Å². The van der Waals surface area contributed by atoms with Crippen molar-refractivity contribution in [3.8, 4) is 5.75 Å². The Kier molecular flexibility index (Phi) is 7.70. The zero-order valence-corrected chi connectivity index (χ0v) is 15.7. The summed E-state index contributed by atoms with van der Waals surface area (Å²) in [6, 6.07) is 12.4. The standard InChI is InChI=1S/C17H18N4O3.2ClH/c1-11-17(18)20-15-8-13(5-6-16(15)24-11)10-19-9-12-3-2-4-14(7-12)21(22)23;;/h2-8,19-20H,9-10,18H2,1H3;2*1H. The number of nitrogens with zero attached hydrogens (tertiary/aromatic N) is 1. The van der Waals surface area contributed by atoms with E-state index in [1.54, 1.807) is 19.1 Å². The van der Waals surface area contributed by atoms with E-state index in [2.05, 4.69) is 10.6 Å². The van der Waals surface area contributed by atoms with E-state index >= 15 is 0 Å². The molecule has 1 aliphatic rings. The van der Waals surface area contributed by atoms with Gasteiger partial charge in [-0.05, 0) is 30.2 Å². The zero-order chi connectivity index (χ0) is 17.1. The molecule has 0 bridgehead atoms. The summed E-state index contributed by atoms with van der Waals surface area (Å²) in [5, 5.41) is 17.2. The lowest BCUT2D eigenvalue weighted by Crippen LogP contribution is -2.19. The number of benzene rings is 2. The summed E-state index contributed by atoms with van der Waals surface area (Å²) in [5.41, 5.74) is 8.68. The van der Waals surface area contributed by atoms with E-state index in [0.717, 1.165) is 22.6 Å². The van der Waals surface area contributed by atoms with Crippen LogP contribution in [0, 0.1) is 10.1 Å². The first-order chi connectivity index (χ1) is 11.5. The molecule has 0 aromatic heterocycles. The molecule has 9 heteroatoms. The number of nitro groups is 1. The minimum Gasteiger partial charge on any atom is -0.456 e. The number of nitro benzene ring substituents is 1. The lowest BCUT2D eigenvalue weighted by Gasteiger charge is -2.21. The van der Waals surface area contributed by atoms with Crippen molar-refractivity contribution < 1.29 is 9.66 Å². The van der Waals surface area contributed by atoms with Crippen LogP contribution >= 0.6 is 24.8 Å². The smallest absolute Gasteiger partial charge is 0.269 e. The second-order valence-corrected chi connectivity index (χ2v) is 5.56. The van der Waals surface area contributed by atoms with Crippen LogP contribution in [-0.2, 0) is 13.1 Å². The first-order valence-corrected chi connectivity index (χ1v) is 7.51. The average Bonchev–Trinajstić information content (AvgIpc) is 2.56. The van der Waals surface area contributed by atoms with Gasteiger partial charge in [-0.15, -0.1) is 24.8 Å². The molecule has 1 heterocycles. The number of non-ortho nitro benzene ring substituents is 1. The van der Waals surface area contributed by atoms with Gasteiger partial charge in [0.05, 0.1) is 10.6 Å². The predicted molar refractivity (Wildman–Crippen MR) is 106 cm³/mol. The molecule has 2 aromatic rings. The van der Waals surface area contributed by atoms with Gasteiger partial charge in [0.25, 0.3) is 5.69 Å².